The molecule has 5 nitrogen and oxygen atoms in total. The molecular formula is C18H19ClN2O3. The van der Waals surface area contributed by atoms with E-state index in [0.717, 1.165) is 12.1 Å². The van der Waals surface area contributed by atoms with E-state index in [-0.39, 0.29) is 22.2 Å². The molecule has 24 heavy (non-hydrogen) atoms. The first-order chi connectivity index (χ1) is 11.4. The average Bonchev–Trinajstić information content (AvgIpc) is 2.55. The van der Waals surface area contributed by atoms with Gasteiger partial charge in [-0.3, -0.25) is 14.9 Å². The van der Waals surface area contributed by atoms with E-state index in [1.54, 1.807) is 4.90 Å². The van der Waals surface area contributed by atoms with Gasteiger partial charge in [-0.05, 0) is 36.6 Å². The number of carbonyl (C=O) groups excluding carboxylic acids is 1. The second-order valence-corrected chi connectivity index (χ2v) is 6.31. The lowest BCUT2D eigenvalue weighted by molar-refractivity contribution is -0.384. The summed E-state index contributed by atoms with van der Waals surface area (Å²) >= 11 is 5.83. The fraction of sp³-hybridized carbons (Fsp3) is 0.278. The highest BCUT2D eigenvalue weighted by Crippen LogP contribution is 2.27. The molecule has 0 aromatic heterocycles. The summed E-state index contributed by atoms with van der Waals surface area (Å²) in [6.07, 6.45) is 0.830. The number of benzene rings is 2. The summed E-state index contributed by atoms with van der Waals surface area (Å²) in [6.45, 7) is 4.71. The van der Waals surface area contributed by atoms with Crippen LogP contribution in [0, 0.1) is 16.0 Å². The zero-order valence-corrected chi connectivity index (χ0v) is 14.4. The number of para-hydroxylation sites is 1. The van der Waals surface area contributed by atoms with Gasteiger partial charge in [0.2, 0.25) is 0 Å². The second-order valence-electron chi connectivity index (χ2n) is 5.90. The number of hydrogen-bond donors (Lipinski definition) is 0. The number of rotatable bonds is 6. The summed E-state index contributed by atoms with van der Waals surface area (Å²) in [6, 6.07) is 13.4. The van der Waals surface area contributed by atoms with Crippen molar-refractivity contribution in [3.63, 3.8) is 0 Å². The Morgan fingerprint density at radius 3 is 2.46 bits per heavy atom. The smallest absolute Gasteiger partial charge is 0.288 e. The summed E-state index contributed by atoms with van der Waals surface area (Å²) in [5.74, 6) is 0.158. The molecule has 0 unspecified atom stereocenters. The van der Waals surface area contributed by atoms with Crippen LogP contribution in [0.4, 0.5) is 11.4 Å². The minimum Gasteiger partial charge on any atom is -0.308 e. The van der Waals surface area contributed by atoms with Crippen LogP contribution in [0.2, 0.25) is 5.02 Å². The molecule has 0 saturated heterocycles. The minimum atomic E-state index is -0.583. The monoisotopic (exact) mass is 346 g/mol. The predicted octanol–water partition coefficient (Wildman–Crippen LogP) is 4.94. The van der Waals surface area contributed by atoms with Crippen LogP contribution in [0.3, 0.4) is 0 Å². The Balaban J connectivity index is 2.37. The van der Waals surface area contributed by atoms with Crippen molar-refractivity contribution in [2.75, 3.05) is 11.4 Å². The maximum Gasteiger partial charge on any atom is 0.288 e. The topological polar surface area (TPSA) is 63.5 Å². The molecule has 1 amide bonds. The zero-order chi connectivity index (χ0) is 17.7. The molecule has 2 rings (SSSR count). The molecule has 0 heterocycles. The molecule has 6 heteroatoms. The van der Waals surface area contributed by atoms with Crippen LogP contribution in [0.15, 0.2) is 48.5 Å². The van der Waals surface area contributed by atoms with Crippen molar-refractivity contribution < 1.29 is 9.72 Å². The lowest BCUT2D eigenvalue weighted by atomic mass is 10.1. The summed E-state index contributed by atoms with van der Waals surface area (Å²) in [5, 5.41) is 11.1. The third kappa shape index (κ3) is 4.32. The fourth-order valence-electron chi connectivity index (χ4n) is 2.28. The van der Waals surface area contributed by atoms with Gasteiger partial charge in [0.15, 0.2) is 0 Å². The van der Waals surface area contributed by atoms with Gasteiger partial charge in [-0.15, -0.1) is 0 Å². The van der Waals surface area contributed by atoms with Crippen molar-refractivity contribution in [1.29, 1.82) is 0 Å². The van der Waals surface area contributed by atoms with E-state index >= 15 is 0 Å². The number of nitro benzene ring substituents is 1. The summed E-state index contributed by atoms with van der Waals surface area (Å²) < 4.78 is 0. The van der Waals surface area contributed by atoms with E-state index in [1.807, 2.05) is 30.3 Å². The van der Waals surface area contributed by atoms with Crippen LogP contribution in [0.1, 0.15) is 30.6 Å². The van der Waals surface area contributed by atoms with Crippen molar-refractivity contribution in [3.8, 4) is 0 Å². The molecule has 0 N–H and O–H groups in total. The highest BCUT2D eigenvalue weighted by atomic mass is 35.5. The van der Waals surface area contributed by atoms with Gasteiger partial charge in [0.05, 0.1) is 4.92 Å². The molecule has 0 aliphatic carbocycles. The first-order valence-electron chi connectivity index (χ1n) is 7.71. The molecular weight excluding hydrogens is 328 g/mol. The fourth-order valence-corrected chi connectivity index (χ4v) is 2.47. The molecule has 0 atom stereocenters. The molecule has 0 aliphatic heterocycles. The summed E-state index contributed by atoms with van der Waals surface area (Å²) in [5.41, 5.74) is 0.749. The van der Waals surface area contributed by atoms with Crippen LogP contribution < -0.4 is 4.90 Å². The van der Waals surface area contributed by atoms with Crippen LogP contribution in [-0.4, -0.2) is 17.4 Å². The molecule has 0 aliphatic rings. The molecule has 0 fully saturated rings. The minimum absolute atomic E-state index is 0.0185. The Bertz CT molecular complexity index is 732. The lowest BCUT2D eigenvalue weighted by Gasteiger charge is -2.24. The van der Waals surface area contributed by atoms with Gasteiger partial charge in [0.1, 0.15) is 5.02 Å². The Labute approximate surface area is 146 Å². The van der Waals surface area contributed by atoms with Crippen LogP contribution >= 0.6 is 11.6 Å². The van der Waals surface area contributed by atoms with Gasteiger partial charge in [-0.25, -0.2) is 0 Å². The Morgan fingerprint density at radius 1 is 1.21 bits per heavy atom. The summed E-state index contributed by atoms with van der Waals surface area (Å²) in [4.78, 5) is 25.0. The van der Waals surface area contributed by atoms with Gasteiger partial charge in [0, 0.05) is 23.9 Å². The third-order valence-electron chi connectivity index (χ3n) is 3.63. The highest BCUT2D eigenvalue weighted by Gasteiger charge is 2.21. The number of halogens is 1. The predicted molar refractivity (Wildman–Crippen MR) is 95.7 cm³/mol. The first-order valence-corrected chi connectivity index (χ1v) is 8.08. The Hall–Kier alpha value is -2.40. The van der Waals surface area contributed by atoms with Gasteiger partial charge < -0.3 is 4.90 Å². The van der Waals surface area contributed by atoms with E-state index in [2.05, 4.69) is 13.8 Å². The number of hydrogen-bond acceptors (Lipinski definition) is 3. The van der Waals surface area contributed by atoms with E-state index in [4.69, 9.17) is 11.6 Å². The van der Waals surface area contributed by atoms with Crippen molar-refractivity contribution in [3.05, 3.63) is 69.2 Å². The number of amides is 1. The summed E-state index contributed by atoms with van der Waals surface area (Å²) in [7, 11) is 0. The SMILES string of the molecule is CC(C)CCN(C(=O)c1ccc(Cl)c([N+](=O)[O-])c1)c1ccccc1. The van der Waals surface area contributed by atoms with E-state index in [1.165, 1.54) is 18.2 Å². The van der Waals surface area contributed by atoms with Crippen LogP contribution in [0.5, 0.6) is 0 Å². The normalized spacial score (nSPS) is 10.7. The van der Waals surface area contributed by atoms with Gasteiger partial charge in [-0.2, -0.15) is 0 Å². The van der Waals surface area contributed by atoms with E-state index in [9.17, 15) is 14.9 Å². The average molecular weight is 347 g/mol. The molecule has 2 aromatic carbocycles. The number of anilines is 1. The number of nitro groups is 1. The van der Waals surface area contributed by atoms with Crippen molar-refractivity contribution >= 4 is 28.9 Å². The van der Waals surface area contributed by atoms with Crippen molar-refractivity contribution in [1.82, 2.24) is 0 Å². The highest BCUT2D eigenvalue weighted by molar-refractivity contribution is 6.32. The van der Waals surface area contributed by atoms with Crippen LogP contribution in [-0.2, 0) is 0 Å². The molecule has 126 valence electrons. The van der Waals surface area contributed by atoms with E-state index < -0.39 is 4.92 Å². The molecule has 0 bridgehead atoms. The van der Waals surface area contributed by atoms with Crippen LogP contribution in [0.25, 0.3) is 0 Å². The van der Waals surface area contributed by atoms with E-state index in [0.29, 0.717) is 12.5 Å². The standard InChI is InChI=1S/C18H19ClN2O3/c1-13(2)10-11-20(15-6-4-3-5-7-15)18(22)14-8-9-16(19)17(12-14)21(23)24/h3-9,12-13H,10-11H2,1-2H3. The molecule has 2 aromatic rings. The largest absolute Gasteiger partial charge is 0.308 e. The third-order valence-corrected chi connectivity index (χ3v) is 3.95. The first kappa shape index (κ1) is 17.9. The quantitative estimate of drug-likeness (QED) is 0.549. The maximum atomic E-state index is 12.9. The van der Waals surface area contributed by atoms with Gasteiger partial charge in [-0.1, -0.05) is 43.6 Å². The molecule has 0 spiro atoms. The van der Waals surface area contributed by atoms with Crippen molar-refractivity contribution in [2.24, 2.45) is 5.92 Å². The Morgan fingerprint density at radius 2 is 1.88 bits per heavy atom. The zero-order valence-electron chi connectivity index (χ0n) is 13.6. The van der Waals surface area contributed by atoms with Crippen molar-refractivity contribution in [2.45, 2.75) is 20.3 Å². The van der Waals surface area contributed by atoms with Gasteiger partial charge in [0.25, 0.3) is 11.6 Å². The number of carbonyl (C=O) groups is 1. The number of nitrogens with zero attached hydrogens (tertiary/aromatic N) is 2. The second kappa shape index (κ2) is 7.93. The molecule has 0 radical (unpaired) electrons. The lowest BCUT2D eigenvalue weighted by Crippen LogP contribution is -2.32. The maximum absolute atomic E-state index is 12.9. The Kier molecular flexibility index (Phi) is 5.93. The molecule has 0 saturated carbocycles. The van der Waals surface area contributed by atoms with Gasteiger partial charge >= 0.3 is 0 Å².